The highest BCUT2D eigenvalue weighted by Crippen LogP contribution is 2.15. The van der Waals surface area contributed by atoms with Gasteiger partial charge in [0.25, 0.3) is 0 Å². The van der Waals surface area contributed by atoms with Crippen LogP contribution in [0.25, 0.3) is 0 Å². The molecular weight excluding hydrogens is 501 g/mol. The lowest BCUT2D eigenvalue weighted by atomic mass is 10.0. The molecule has 0 heterocycles. The van der Waals surface area contributed by atoms with Crippen LogP contribution in [-0.2, 0) is 13.2 Å². The molecule has 0 radical (unpaired) electrons. The van der Waals surface area contributed by atoms with E-state index in [9.17, 15) is 5.11 Å². The van der Waals surface area contributed by atoms with E-state index in [2.05, 4.69) is 27.8 Å². The maximum Gasteiger partial charge on any atom is 0.191 e. The molecule has 0 fully saturated rings. The monoisotopic (exact) mass is 531 g/mol. The number of halogens is 1. The predicted octanol–water partition coefficient (Wildman–Crippen LogP) is 4.32. The van der Waals surface area contributed by atoms with Crippen molar-refractivity contribution in [3.05, 3.63) is 102 Å². The fourth-order valence-corrected chi connectivity index (χ4v) is 3.18. The summed E-state index contributed by atoms with van der Waals surface area (Å²) in [6.07, 6.45) is 0. The second-order valence-electron chi connectivity index (χ2n) is 6.97. The summed E-state index contributed by atoms with van der Waals surface area (Å²) in [4.78, 5) is 4.31. The third-order valence-corrected chi connectivity index (χ3v) is 4.93. The number of nitrogens with zero attached hydrogens (tertiary/aromatic N) is 1. The number of guanidine groups is 1. The second-order valence-corrected chi connectivity index (χ2v) is 6.97. The fourth-order valence-electron chi connectivity index (χ4n) is 3.18. The van der Waals surface area contributed by atoms with E-state index in [-0.39, 0.29) is 36.5 Å². The van der Waals surface area contributed by atoms with Gasteiger partial charge >= 0.3 is 0 Å². The number of para-hydroxylation sites is 1. The minimum absolute atomic E-state index is 0. The predicted molar refractivity (Wildman–Crippen MR) is 137 cm³/mol. The average Bonchev–Trinajstić information content (AvgIpc) is 2.82. The molecule has 6 heteroatoms. The summed E-state index contributed by atoms with van der Waals surface area (Å²) in [6, 6.07) is 28.0. The lowest BCUT2D eigenvalue weighted by molar-refractivity contribution is 0.265. The Morgan fingerprint density at radius 2 is 1.48 bits per heavy atom. The van der Waals surface area contributed by atoms with Crippen LogP contribution in [0.4, 0.5) is 0 Å². The van der Waals surface area contributed by atoms with Gasteiger partial charge in [-0.05, 0) is 28.8 Å². The topological polar surface area (TPSA) is 65.9 Å². The van der Waals surface area contributed by atoms with Gasteiger partial charge in [-0.3, -0.25) is 4.99 Å². The van der Waals surface area contributed by atoms with Crippen LogP contribution in [0.2, 0.25) is 0 Å². The maximum atomic E-state index is 9.75. The summed E-state index contributed by atoms with van der Waals surface area (Å²) in [7, 11) is 1.75. The smallest absolute Gasteiger partial charge is 0.191 e. The first-order valence-corrected chi connectivity index (χ1v) is 10.1. The quantitative estimate of drug-likeness (QED) is 0.219. The van der Waals surface area contributed by atoms with Gasteiger partial charge in [0.2, 0.25) is 0 Å². The van der Waals surface area contributed by atoms with Gasteiger partial charge in [0.1, 0.15) is 12.4 Å². The molecule has 164 valence electrons. The molecule has 0 aliphatic rings. The van der Waals surface area contributed by atoms with Gasteiger partial charge in [0.15, 0.2) is 5.96 Å². The van der Waals surface area contributed by atoms with E-state index in [0.29, 0.717) is 25.7 Å². The number of rotatable bonds is 9. The molecule has 0 saturated heterocycles. The molecule has 3 N–H and O–H groups in total. The van der Waals surface area contributed by atoms with E-state index in [1.165, 1.54) is 0 Å². The Morgan fingerprint density at radius 3 is 2.13 bits per heavy atom. The SMILES string of the molecule is CN=C(NCc1ccccc1COc1ccccc1)NCC(CO)c1ccccc1.I. The van der Waals surface area contributed by atoms with Crippen molar-refractivity contribution in [2.24, 2.45) is 4.99 Å². The molecule has 3 aromatic carbocycles. The van der Waals surface area contributed by atoms with Gasteiger partial charge in [-0.25, -0.2) is 0 Å². The summed E-state index contributed by atoms with van der Waals surface area (Å²) in [5.41, 5.74) is 3.38. The van der Waals surface area contributed by atoms with Crippen LogP contribution >= 0.6 is 24.0 Å². The summed E-state index contributed by atoms with van der Waals surface area (Å²) < 4.78 is 5.91. The van der Waals surface area contributed by atoms with Crippen molar-refractivity contribution in [1.82, 2.24) is 10.6 Å². The Bertz CT molecular complexity index is 920. The minimum atomic E-state index is 0. The molecule has 3 rings (SSSR count). The molecule has 0 aliphatic heterocycles. The minimum Gasteiger partial charge on any atom is -0.489 e. The zero-order valence-electron chi connectivity index (χ0n) is 17.7. The highest BCUT2D eigenvalue weighted by Gasteiger charge is 2.11. The van der Waals surface area contributed by atoms with E-state index >= 15 is 0 Å². The van der Waals surface area contributed by atoms with Gasteiger partial charge in [-0.1, -0.05) is 72.8 Å². The first-order valence-electron chi connectivity index (χ1n) is 10.1. The van der Waals surface area contributed by atoms with Gasteiger partial charge in [0.05, 0.1) is 6.61 Å². The van der Waals surface area contributed by atoms with E-state index in [0.717, 1.165) is 22.4 Å². The molecule has 1 atom stereocenters. The lowest BCUT2D eigenvalue weighted by Crippen LogP contribution is -2.39. The summed E-state index contributed by atoms with van der Waals surface area (Å²) in [6.45, 7) is 1.81. The molecule has 3 aromatic rings. The lowest BCUT2D eigenvalue weighted by Gasteiger charge is -2.19. The van der Waals surface area contributed by atoms with E-state index in [1.807, 2.05) is 72.8 Å². The van der Waals surface area contributed by atoms with Crippen molar-refractivity contribution >= 4 is 29.9 Å². The zero-order valence-corrected chi connectivity index (χ0v) is 20.0. The number of ether oxygens (including phenoxy) is 1. The van der Waals surface area contributed by atoms with E-state index in [1.54, 1.807) is 7.05 Å². The van der Waals surface area contributed by atoms with Crippen molar-refractivity contribution in [2.75, 3.05) is 20.2 Å². The van der Waals surface area contributed by atoms with Gasteiger partial charge in [0, 0.05) is 26.1 Å². The van der Waals surface area contributed by atoms with Crippen molar-refractivity contribution in [3.63, 3.8) is 0 Å². The van der Waals surface area contributed by atoms with E-state index in [4.69, 9.17) is 4.74 Å². The highest BCUT2D eigenvalue weighted by molar-refractivity contribution is 14.0. The number of hydrogen-bond donors (Lipinski definition) is 3. The number of aliphatic hydroxyl groups excluding tert-OH is 1. The first-order chi connectivity index (χ1) is 14.8. The summed E-state index contributed by atoms with van der Waals surface area (Å²) >= 11 is 0. The van der Waals surface area contributed by atoms with Crippen LogP contribution in [0.3, 0.4) is 0 Å². The van der Waals surface area contributed by atoms with E-state index < -0.39 is 0 Å². The summed E-state index contributed by atoms with van der Waals surface area (Å²) in [5.74, 6) is 1.56. The molecule has 0 aromatic heterocycles. The molecular formula is C25H30IN3O2. The van der Waals surface area contributed by atoms with Crippen LogP contribution in [0, 0.1) is 0 Å². The average molecular weight is 531 g/mol. The van der Waals surface area contributed by atoms with Crippen molar-refractivity contribution in [3.8, 4) is 5.75 Å². The van der Waals surface area contributed by atoms with Crippen LogP contribution in [0.1, 0.15) is 22.6 Å². The third-order valence-electron chi connectivity index (χ3n) is 4.93. The van der Waals surface area contributed by atoms with Crippen molar-refractivity contribution in [2.45, 2.75) is 19.1 Å². The number of hydrogen-bond acceptors (Lipinski definition) is 3. The van der Waals surface area contributed by atoms with Crippen LogP contribution in [0.5, 0.6) is 5.75 Å². The largest absolute Gasteiger partial charge is 0.489 e. The Balaban J connectivity index is 0.00000341. The molecule has 31 heavy (non-hydrogen) atoms. The molecule has 0 amide bonds. The molecule has 0 bridgehead atoms. The maximum absolute atomic E-state index is 9.75. The Hall–Kier alpha value is -2.58. The molecule has 5 nitrogen and oxygen atoms in total. The van der Waals surface area contributed by atoms with Gasteiger partial charge < -0.3 is 20.5 Å². The fraction of sp³-hybridized carbons (Fsp3) is 0.240. The zero-order chi connectivity index (χ0) is 21.0. The summed E-state index contributed by atoms with van der Waals surface area (Å²) in [5, 5.41) is 16.4. The van der Waals surface area contributed by atoms with Crippen LogP contribution < -0.4 is 15.4 Å². The van der Waals surface area contributed by atoms with Gasteiger partial charge in [-0.15, -0.1) is 24.0 Å². The normalized spacial score (nSPS) is 11.9. The number of benzene rings is 3. The molecule has 1 unspecified atom stereocenters. The Morgan fingerprint density at radius 1 is 0.871 bits per heavy atom. The van der Waals surface area contributed by atoms with Crippen molar-refractivity contribution < 1.29 is 9.84 Å². The Kier molecular flexibility index (Phi) is 10.9. The Labute approximate surface area is 201 Å². The van der Waals surface area contributed by atoms with Gasteiger partial charge in [-0.2, -0.15) is 0 Å². The van der Waals surface area contributed by atoms with Crippen LogP contribution in [0.15, 0.2) is 89.9 Å². The standard InChI is InChI=1S/C25H29N3O2.HI/c1-26-25(28-17-23(18-29)20-10-4-2-5-11-20)27-16-21-12-8-9-13-22(21)19-30-24-14-6-3-7-15-24;/h2-15,23,29H,16-19H2,1H3,(H2,26,27,28);1H. The second kappa shape index (κ2) is 13.7. The third kappa shape index (κ3) is 7.88. The number of aliphatic imine (C=N–C) groups is 1. The number of aliphatic hydroxyl groups is 1. The van der Waals surface area contributed by atoms with Crippen molar-refractivity contribution in [1.29, 1.82) is 0 Å². The molecule has 0 spiro atoms. The number of nitrogens with one attached hydrogen (secondary N) is 2. The molecule has 0 aliphatic carbocycles. The molecule has 0 saturated carbocycles. The first kappa shape index (κ1) is 24.7. The highest BCUT2D eigenvalue weighted by atomic mass is 127. The van der Waals surface area contributed by atoms with Crippen LogP contribution in [-0.4, -0.2) is 31.3 Å².